The SMILES string of the molecule is COc1ccccc1C/N=C\c1cnn(C)c1. The second kappa shape index (κ2) is 5.30. The Kier molecular flexibility index (Phi) is 3.55. The van der Waals surface area contributed by atoms with Crippen molar-refractivity contribution in [3.8, 4) is 5.75 Å². The van der Waals surface area contributed by atoms with Crippen LogP contribution in [0.5, 0.6) is 5.75 Å². The zero-order valence-electron chi connectivity index (χ0n) is 10.00. The summed E-state index contributed by atoms with van der Waals surface area (Å²) in [5.41, 5.74) is 2.08. The van der Waals surface area contributed by atoms with Crippen LogP contribution in [0.1, 0.15) is 11.1 Å². The summed E-state index contributed by atoms with van der Waals surface area (Å²) in [7, 11) is 3.56. The maximum Gasteiger partial charge on any atom is 0.123 e. The number of nitrogens with zero attached hydrogens (tertiary/aromatic N) is 3. The highest BCUT2D eigenvalue weighted by molar-refractivity contribution is 5.78. The predicted molar refractivity (Wildman–Crippen MR) is 67.5 cm³/mol. The van der Waals surface area contributed by atoms with Crippen molar-refractivity contribution in [2.24, 2.45) is 12.0 Å². The Morgan fingerprint density at radius 2 is 2.24 bits per heavy atom. The summed E-state index contributed by atoms with van der Waals surface area (Å²) in [4.78, 5) is 4.38. The largest absolute Gasteiger partial charge is 0.496 e. The number of benzene rings is 1. The third-order valence-electron chi connectivity index (χ3n) is 2.42. The molecule has 0 aliphatic carbocycles. The van der Waals surface area contributed by atoms with Gasteiger partial charge < -0.3 is 4.74 Å². The normalized spacial score (nSPS) is 10.9. The van der Waals surface area contributed by atoms with Crippen molar-refractivity contribution < 1.29 is 4.74 Å². The molecule has 0 saturated heterocycles. The molecule has 17 heavy (non-hydrogen) atoms. The van der Waals surface area contributed by atoms with E-state index in [1.54, 1.807) is 18.0 Å². The molecule has 0 bridgehead atoms. The monoisotopic (exact) mass is 229 g/mol. The van der Waals surface area contributed by atoms with E-state index in [-0.39, 0.29) is 0 Å². The van der Waals surface area contributed by atoms with Gasteiger partial charge >= 0.3 is 0 Å². The minimum absolute atomic E-state index is 0.610. The van der Waals surface area contributed by atoms with E-state index >= 15 is 0 Å². The highest BCUT2D eigenvalue weighted by atomic mass is 16.5. The Bertz CT molecular complexity index is 517. The topological polar surface area (TPSA) is 39.4 Å². The minimum Gasteiger partial charge on any atom is -0.496 e. The molecule has 0 radical (unpaired) electrons. The number of para-hydroxylation sites is 1. The van der Waals surface area contributed by atoms with Gasteiger partial charge in [-0.2, -0.15) is 5.10 Å². The van der Waals surface area contributed by atoms with Crippen molar-refractivity contribution in [3.63, 3.8) is 0 Å². The van der Waals surface area contributed by atoms with Crippen LogP contribution in [-0.2, 0) is 13.6 Å². The third kappa shape index (κ3) is 2.93. The first-order chi connectivity index (χ1) is 8.29. The van der Waals surface area contributed by atoms with Gasteiger partial charge in [-0.05, 0) is 6.07 Å². The van der Waals surface area contributed by atoms with E-state index in [1.807, 2.05) is 43.7 Å². The van der Waals surface area contributed by atoms with Gasteiger partial charge in [-0.3, -0.25) is 9.67 Å². The standard InChI is InChI=1S/C13H15N3O/c1-16-10-11(8-15-16)7-14-9-12-5-3-4-6-13(12)17-2/h3-8,10H,9H2,1-2H3/b14-7-. The summed E-state index contributed by atoms with van der Waals surface area (Å²) in [6.07, 6.45) is 5.52. The lowest BCUT2D eigenvalue weighted by Crippen LogP contribution is -1.90. The van der Waals surface area contributed by atoms with Crippen molar-refractivity contribution in [1.82, 2.24) is 9.78 Å². The van der Waals surface area contributed by atoms with Crippen molar-refractivity contribution in [2.45, 2.75) is 6.54 Å². The lowest BCUT2D eigenvalue weighted by molar-refractivity contribution is 0.410. The highest BCUT2D eigenvalue weighted by Gasteiger charge is 1.99. The molecule has 0 N–H and O–H groups in total. The van der Waals surface area contributed by atoms with Gasteiger partial charge in [0.05, 0.1) is 19.9 Å². The molecule has 1 heterocycles. The Labute approximate surface area is 101 Å². The number of methoxy groups -OCH3 is 1. The molecule has 0 fully saturated rings. The predicted octanol–water partition coefficient (Wildman–Crippen LogP) is 2.05. The van der Waals surface area contributed by atoms with E-state index in [0.29, 0.717) is 6.54 Å². The van der Waals surface area contributed by atoms with Crippen LogP contribution in [0.4, 0.5) is 0 Å². The summed E-state index contributed by atoms with van der Waals surface area (Å²) >= 11 is 0. The highest BCUT2D eigenvalue weighted by Crippen LogP contribution is 2.17. The molecule has 0 amide bonds. The van der Waals surface area contributed by atoms with E-state index in [9.17, 15) is 0 Å². The zero-order chi connectivity index (χ0) is 12.1. The van der Waals surface area contributed by atoms with Crippen LogP contribution < -0.4 is 4.74 Å². The number of aromatic nitrogens is 2. The van der Waals surface area contributed by atoms with Crippen LogP contribution in [0.25, 0.3) is 0 Å². The van der Waals surface area contributed by atoms with Gasteiger partial charge in [0.2, 0.25) is 0 Å². The van der Waals surface area contributed by atoms with E-state index < -0.39 is 0 Å². The number of hydrogen-bond acceptors (Lipinski definition) is 3. The molecule has 88 valence electrons. The molecule has 1 aromatic heterocycles. The maximum atomic E-state index is 5.26. The van der Waals surface area contributed by atoms with Crippen LogP contribution in [0.15, 0.2) is 41.7 Å². The van der Waals surface area contributed by atoms with Crippen LogP contribution in [0, 0.1) is 0 Å². The second-order valence-corrected chi connectivity index (χ2v) is 3.73. The molecule has 2 rings (SSSR count). The molecule has 0 spiro atoms. The molecule has 2 aromatic rings. The van der Waals surface area contributed by atoms with Crippen LogP contribution in [-0.4, -0.2) is 23.1 Å². The van der Waals surface area contributed by atoms with Gasteiger partial charge in [0.25, 0.3) is 0 Å². The van der Waals surface area contributed by atoms with Gasteiger partial charge in [-0.1, -0.05) is 18.2 Å². The van der Waals surface area contributed by atoms with Gasteiger partial charge in [-0.15, -0.1) is 0 Å². The summed E-state index contributed by atoms with van der Waals surface area (Å²) in [5.74, 6) is 0.871. The zero-order valence-corrected chi connectivity index (χ0v) is 10.00. The Morgan fingerprint density at radius 3 is 2.94 bits per heavy atom. The van der Waals surface area contributed by atoms with Crippen molar-refractivity contribution >= 4 is 6.21 Å². The quantitative estimate of drug-likeness (QED) is 0.753. The van der Waals surface area contributed by atoms with Gasteiger partial charge in [0.15, 0.2) is 0 Å². The first-order valence-corrected chi connectivity index (χ1v) is 5.40. The number of rotatable bonds is 4. The summed E-state index contributed by atoms with van der Waals surface area (Å²) in [5, 5.41) is 4.08. The molecular weight excluding hydrogens is 214 g/mol. The number of ether oxygens (including phenoxy) is 1. The molecule has 0 aliphatic rings. The Balaban J connectivity index is 2.04. The van der Waals surface area contributed by atoms with Crippen LogP contribution in [0.2, 0.25) is 0 Å². The Morgan fingerprint density at radius 1 is 1.41 bits per heavy atom. The average Bonchev–Trinajstić information content (AvgIpc) is 2.76. The Hall–Kier alpha value is -2.10. The molecule has 4 heteroatoms. The van der Waals surface area contributed by atoms with E-state index in [1.165, 1.54) is 0 Å². The lowest BCUT2D eigenvalue weighted by Gasteiger charge is -2.04. The van der Waals surface area contributed by atoms with Crippen LogP contribution in [0.3, 0.4) is 0 Å². The number of hydrogen-bond donors (Lipinski definition) is 0. The first kappa shape index (κ1) is 11.4. The van der Waals surface area contributed by atoms with Crippen molar-refractivity contribution in [3.05, 3.63) is 47.8 Å². The molecule has 0 unspecified atom stereocenters. The van der Waals surface area contributed by atoms with Crippen molar-refractivity contribution in [1.29, 1.82) is 0 Å². The van der Waals surface area contributed by atoms with Crippen molar-refractivity contribution in [2.75, 3.05) is 7.11 Å². The van der Waals surface area contributed by atoms with E-state index in [4.69, 9.17) is 4.74 Å². The molecule has 0 aliphatic heterocycles. The fourth-order valence-corrected chi connectivity index (χ4v) is 1.59. The van der Waals surface area contributed by atoms with Gasteiger partial charge in [0.1, 0.15) is 5.75 Å². The molecule has 1 aromatic carbocycles. The number of aryl methyl sites for hydroxylation is 1. The minimum atomic E-state index is 0.610. The van der Waals surface area contributed by atoms with E-state index in [2.05, 4.69) is 10.1 Å². The third-order valence-corrected chi connectivity index (χ3v) is 2.42. The van der Waals surface area contributed by atoms with E-state index in [0.717, 1.165) is 16.9 Å². The lowest BCUT2D eigenvalue weighted by atomic mass is 10.2. The average molecular weight is 229 g/mol. The first-order valence-electron chi connectivity index (χ1n) is 5.40. The molecule has 4 nitrogen and oxygen atoms in total. The smallest absolute Gasteiger partial charge is 0.123 e. The molecule has 0 atom stereocenters. The van der Waals surface area contributed by atoms with Crippen LogP contribution >= 0.6 is 0 Å². The fourth-order valence-electron chi connectivity index (χ4n) is 1.59. The second-order valence-electron chi connectivity index (χ2n) is 3.73. The summed E-state index contributed by atoms with van der Waals surface area (Å²) in [6, 6.07) is 7.89. The number of aliphatic imine (C=N–C) groups is 1. The molecule has 0 saturated carbocycles. The maximum absolute atomic E-state index is 5.26. The molecular formula is C13H15N3O. The fraction of sp³-hybridized carbons (Fsp3) is 0.231. The summed E-state index contributed by atoms with van der Waals surface area (Å²) in [6.45, 7) is 0.610. The summed E-state index contributed by atoms with van der Waals surface area (Å²) < 4.78 is 7.02. The van der Waals surface area contributed by atoms with Gasteiger partial charge in [0, 0.05) is 30.6 Å². The van der Waals surface area contributed by atoms with Gasteiger partial charge in [-0.25, -0.2) is 0 Å².